The molecule has 0 unspecified atom stereocenters. The van der Waals surface area contributed by atoms with Gasteiger partial charge in [0.1, 0.15) is 5.60 Å². The lowest BCUT2D eigenvalue weighted by Gasteiger charge is -2.32. The fourth-order valence-corrected chi connectivity index (χ4v) is 4.33. The Bertz CT molecular complexity index is 596. The third-order valence-corrected chi connectivity index (χ3v) is 5.77. The predicted molar refractivity (Wildman–Crippen MR) is 123 cm³/mol. The number of rotatable bonds is 12. The first-order valence-corrected chi connectivity index (χ1v) is 12.0. The largest absolute Gasteiger partial charge is 0.481 e. The van der Waals surface area contributed by atoms with Crippen LogP contribution >= 0.6 is 0 Å². The third-order valence-electron chi connectivity index (χ3n) is 5.77. The van der Waals surface area contributed by atoms with Crippen LogP contribution in [-0.2, 0) is 14.3 Å². The van der Waals surface area contributed by atoms with Gasteiger partial charge in [-0.1, -0.05) is 46.0 Å². The highest BCUT2D eigenvalue weighted by Crippen LogP contribution is 2.29. The highest BCUT2D eigenvalue weighted by molar-refractivity contribution is 5.79. The summed E-state index contributed by atoms with van der Waals surface area (Å²) in [6.45, 7) is 9.43. The van der Waals surface area contributed by atoms with E-state index in [1.165, 1.54) is 6.42 Å². The number of carbonyl (C=O) groups excluding carboxylic acids is 2. The number of aliphatic hydroxyl groups is 1. The highest BCUT2D eigenvalue weighted by atomic mass is 16.6. The smallest absolute Gasteiger partial charge is 0.407 e. The average Bonchev–Trinajstić information content (AvgIpc) is 2.65. The minimum Gasteiger partial charge on any atom is -0.481 e. The molecule has 8 nitrogen and oxygen atoms in total. The molecule has 1 fully saturated rings. The lowest BCUT2D eigenvalue weighted by Crippen LogP contribution is -2.48. The van der Waals surface area contributed by atoms with E-state index in [4.69, 9.17) is 9.84 Å². The summed E-state index contributed by atoms with van der Waals surface area (Å²) in [5, 5.41) is 25.4. The van der Waals surface area contributed by atoms with Crippen LogP contribution in [0.25, 0.3) is 0 Å². The van der Waals surface area contributed by atoms with Crippen molar-refractivity contribution in [2.45, 2.75) is 110 Å². The normalized spacial score (nSPS) is 18.0. The van der Waals surface area contributed by atoms with E-state index in [2.05, 4.69) is 10.6 Å². The van der Waals surface area contributed by atoms with E-state index in [1.54, 1.807) is 20.8 Å². The zero-order chi connectivity index (χ0) is 24.3. The number of alkyl carbamates (subject to hydrolysis) is 1. The molecule has 0 radical (unpaired) electrons. The molecule has 4 N–H and O–H groups in total. The second-order valence-corrected chi connectivity index (χ2v) is 10.6. The van der Waals surface area contributed by atoms with Gasteiger partial charge in [0.15, 0.2) is 0 Å². The predicted octanol–water partition coefficient (Wildman–Crippen LogP) is 3.85. The van der Waals surface area contributed by atoms with Gasteiger partial charge in [-0.05, 0) is 51.9 Å². The molecule has 0 heterocycles. The van der Waals surface area contributed by atoms with Crippen molar-refractivity contribution in [1.29, 1.82) is 0 Å². The van der Waals surface area contributed by atoms with Crippen LogP contribution in [0.2, 0.25) is 0 Å². The fourth-order valence-electron chi connectivity index (χ4n) is 4.33. The van der Waals surface area contributed by atoms with Gasteiger partial charge < -0.3 is 25.6 Å². The average molecular weight is 457 g/mol. The van der Waals surface area contributed by atoms with Gasteiger partial charge in [-0.25, -0.2) is 4.79 Å². The Morgan fingerprint density at radius 2 is 1.69 bits per heavy atom. The number of ether oxygens (including phenoxy) is 1. The second-order valence-electron chi connectivity index (χ2n) is 10.6. The molecule has 1 aliphatic carbocycles. The summed E-state index contributed by atoms with van der Waals surface area (Å²) in [6, 6.07) is -0.505. The summed E-state index contributed by atoms with van der Waals surface area (Å²) in [6.07, 6.45) is 5.47. The minimum atomic E-state index is -0.972. The Labute approximate surface area is 192 Å². The van der Waals surface area contributed by atoms with Crippen molar-refractivity contribution in [2.75, 3.05) is 6.54 Å². The van der Waals surface area contributed by atoms with Gasteiger partial charge in [0, 0.05) is 12.5 Å². The zero-order valence-corrected chi connectivity index (χ0v) is 20.5. The molecule has 1 saturated carbocycles. The van der Waals surface area contributed by atoms with E-state index >= 15 is 0 Å². The summed E-state index contributed by atoms with van der Waals surface area (Å²) in [7, 11) is 0. The second kappa shape index (κ2) is 13.7. The summed E-state index contributed by atoms with van der Waals surface area (Å²) in [4.78, 5) is 35.9. The first-order valence-electron chi connectivity index (χ1n) is 12.0. The van der Waals surface area contributed by atoms with E-state index < -0.39 is 35.7 Å². The van der Waals surface area contributed by atoms with Crippen LogP contribution in [0.3, 0.4) is 0 Å². The molecule has 186 valence electrons. The molecule has 0 saturated heterocycles. The molecule has 0 bridgehead atoms. The van der Waals surface area contributed by atoms with Gasteiger partial charge in [0.25, 0.3) is 0 Å². The standard InChI is InChI=1S/C24H44N2O6/c1-16(2)13-18(22(30)25-12-11-21(28)29)15-20(27)19(14-17-9-7-6-8-10-17)26-23(31)32-24(3,4)5/h16-20,27H,6-15H2,1-5H3,(H,25,30)(H,26,31)(H,28,29)/t18-,19+,20+/m1/s1. The van der Waals surface area contributed by atoms with Gasteiger partial charge in [-0.15, -0.1) is 0 Å². The van der Waals surface area contributed by atoms with Gasteiger partial charge in [0.05, 0.1) is 18.6 Å². The van der Waals surface area contributed by atoms with Crippen LogP contribution in [-0.4, -0.2) is 52.5 Å². The first-order chi connectivity index (χ1) is 14.9. The van der Waals surface area contributed by atoms with Crippen molar-refractivity contribution in [1.82, 2.24) is 10.6 Å². The van der Waals surface area contributed by atoms with Crippen LogP contribution in [0.4, 0.5) is 4.79 Å². The molecular weight excluding hydrogens is 412 g/mol. The van der Waals surface area contributed by atoms with Gasteiger partial charge >= 0.3 is 12.1 Å². The molecule has 0 aromatic carbocycles. The van der Waals surface area contributed by atoms with E-state index in [0.29, 0.717) is 18.8 Å². The lowest BCUT2D eigenvalue weighted by molar-refractivity contribution is -0.137. The van der Waals surface area contributed by atoms with Crippen molar-refractivity contribution in [3.63, 3.8) is 0 Å². The Kier molecular flexibility index (Phi) is 12.0. The molecule has 0 aromatic heterocycles. The summed E-state index contributed by atoms with van der Waals surface area (Å²) in [5.41, 5.74) is -0.644. The maximum absolute atomic E-state index is 12.7. The third kappa shape index (κ3) is 12.3. The van der Waals surface area contributed by atoms with Crippen molar-refractivity contribution >= 4 is 18.0 Å². The number of hydrogen-bond acceptors (Lipinski definition) is 5. The van der Waals surface area contributed by atoms with Crippen LogP contribution in [0, 0.1) is 17.8 Å². The van der Waals surface area contributed by atoms with Crippen molar-refractivity contribution in [3.05, 3.63) is 0 Å². The monoisotopic (exact) mass is 456 g/mol. The Balaban J connectivity index is 2.86. The number of aliphatic carboxylic acids is 1. The van der Waals surface area contributed by atoms with Crippen LogP contribution < -0.4 is 10.6 Å². The zero-order valence-electron chi connectivity index (χ0n) is 20.5. The highest BCUT2D eigenvalue weighted by Gasteiger charge is 2.32. The van der Waals surface area contributed by atoms with Gasteiger partial charge in [-0.2, -0.15) is 0 Å². The number of hydrogen-bond donors (Lipinski definition) is 4. The minimum absolute atomic E-state index is 0.0561. The van der Waals surface area contributed by atoms with Crippen LogP contribution in [0.1, 0.15) is 92.4 Å². The van der Waals surface area contributed by atoms with Gasteiger partial charge in [-0.3, -0.25) is 9.59 Å². The van der Waals surface area contributed by atoms with E-state index in [0.717, 1.165) is 25.7 Å². The molecule has 1 aliphatic rings. The number of amides is 2. The first kappa shape index (κ1) is 28.2. The maximum Gasteiger partial charge on any atom is 0.407 e. The van der Waals surface area contributed by atoms with Crippen LogP contribution in [0.5, 0.6) is 0 Å². The topological polar surface area (TPSA) is 125 Å². The molecule has 0 spiro atoms. The van der Waals surface area contributed by atoms with Crippen molar-refractivity contribution < 1.29 is 29.3 Å². The number of carboxylic acids is 1. The maximum atomic E-state index is 12.7. The number of aliphatic hydroxyl groups excluding tert-OH is 1. The number of carbonyl (C=O) groups is 3. The Morgan fingerprint density at radius 1 is 1.06 bits per heavy atom. The summed E-state index contributed by atoms with van der Waals surface area (Å²) >= 11 is 0. The molecule has 8 heteroatoms. The SMILES string of the molecule is CC(C)C[C@H](C[C@H](O)[C@H](CC1CCCCC1)NC(=O)OC(C)(C)C)C(=O)NCCC(=O)O. The molecule has 1 rings (SSSR count). The molecule has 32 heavy (non-hydrogen) atoms. The van der Waals surface area contributed by atoms with Crippen molar-refractivity contribution in [2.24, 2.45) is 17.8 Å². The summed E-state index contributed by atoms with van der Waals surface area (Å²) in [5.74, 6) is -1.04. The summed E-state index contributed by atoms with van der Waals surface area (Å²) < 4.78 is 5.40. The van der Waals surface area contributed by atoms with Crippen LogP contribution in [0.15, 0.2) is 0 Å². The lowest BCUT2D eigenvalue weighted by atomic mass is 9.81. The Hall–Kier alpha value is -1.83. The van der Waals surface area contributed by atoms with E-state index in [1.807, 2.05) is 13.8 Å². The molecule has 2 amide bonds. The molecule has 3 atom stereocenters. The quantitative estimate of drug-likeness (QED) is 0.353. The fraction of sp³-hybridized carbons (Fsp3) is 0.875. The molecular formula is C24H44N2O6. The Morgan fingerprint density at radius 3 is 2.22 bits per heavy atom. The van der Waals surface area contributed by atoms with Crippen molar-refractivity contribution in [3.8, 4) is 0 Å². The number of carboxylic acid groups (broad SMARTS) is 1. The van der Waals surface area contributed by atoms with E-state index in [-0.39, 0.29) is 31.2 Å². The van der Waals surface area contributed by atoms with Gasteiger partial charge in [0.2, 0.25) is 5.91 Å². The van der Waals surface area contributed by atoms with E-state index in [9.17, 15) is 19.5 Å². The number of nitrogens with one attached hydrogen (secondary N) is 2. The molecule has 0 aromatic rings. The molecule has 0 aliphatic heterocycles.